The van der Waals surface area contributed by atoms with Gasteiger partial charge in [0, 0.05) is 6.54 Å². The molecule has 1 aromatic carbocycles. The van der Waals surface area contributed by atoms with E-state index in [1.165, 1.54) is 6.07 Å². The molecule has 0 spiro atoms. The Labute approximate surface area is 125 Å². The highest BCUT2D eigenvalue weighted by Gasteiger charge is 2.25. The van der Waals surface area contributed by atoms with E-state index in [0.29, 0.717) is 0 Å². The Morgan fingerprint density at radius 2 is 2.05 bits per heavy atom. The fourth-order valence-corrected chi connectivity index (χ4v) is 4.24. The quantitative estimate of drug-likeness (QED) is 0.896. The van der Waals surface area contributed by atoms with Gasteiger partial charge in [-0.1, -0.05) is 30.5 Å². The molecule has 1 aromatic rings. The third kappa shape index (κ3) is 3.73. The predicted molar refractivity (Wildman–Crippen MR) is 79.3 cm³/mol. The Morgan fingerprint density at radius 3 is 2.70 bits per heavy atom. The van der Waals surface area contributed by atoms with Crippen molar-refractivity contribution < 1.29 is 13.5 Å². The topological polar surface area (TPSA) is 66.4 Å². The summed E-state index contributed by atoms with van der Waals surface area (Å²) in [5, 5.41) is 10.1. The van der Waals surface area contributed by atoms with Crippen LogP contribution in [0.15, 0.2) is 23.1 Å². The molecular formula is C14H20ClNO3S. The largest absolute Gasteiger partial charge is 0.393 e. The van der Waals surface area contributed by atoms with Crippen LogP contribution in [0.1, 0.15) is 31.2 Å². The van der Waals surface area contributed by atoms with E-state index in [0.717, 1.165) is 31.2 Å². The van der Waals surface area contributed by atoms with E-state index in [9.17, 15) is 13.5 Å². The van der Waals surface area contributed by atoms with Gasteiger partial charge in [0.15, 0.2) is 0 Å². The van der Waals surface area contributed by atoms with Gasteiger partial charge in [0.25, 0.3) is 0 Å². The molecule has 4 nitrogen and oxygen atoms in total. The lowest BCUT2D eigenvalue weighted by atomic mass is 9.87. The molecule has 112 valence electrons. The van der Waals surface area contributed by atoms with Gasteiger partial charge in [-0.3, -0.25) is 0 Å². The summed E-state index contributed by atoms with van der Waals surface area (Å²) < 4.78 is 27.0. The van der Waals surface area contributed by atoms with Gasteiger partial charge in [-0.15, -0.1) is 0 Å². The summed E-state index contributed by atoms with van der Waals surface area (Å²) in [5.74, 6) is -0.0113. The van der Waals surface area contributed by atoms with E-state index in [-0.39, 0.29) is 22.4 Å². The maximum atomic E-state index is 12.2. The molecule has 1 saturated carbocycles. The van der Waals surface area contributed by atoms with Gasteiger partial charge in [0.05, 0.1) is 11.1 Å². The fourth-order valence-electron chi connectivity index (χ4n) is 2.54. The number of rotatable bonds is 4. The number of aliphatic hydroxyl groups is 1. The Bertz CT molecular complexity index is 574. The lowest BCUT2D eigenvalue weighted by molar-refractivity contribution is 0.0724. The molecule has 0 bridgehead atoms. The van der Waals surface area contributed by atoms with Crippen LogP contribution in [-0.2, 0) is 10.0 Å². The van der Waals surface area contributed by atoms with Crippen LogP contribution >= 0.6 is 11.6 Å². The molecule has 2 rings (SSSR count). The van der Waals surface area contributed by atoms with Crippen LogP contribution in [-0.4, -0.2) is 26.2 Å². The van der Waals surface area contributed by atoms with Crippen LogP contribution in [0.2, 0.25) is 5.02 Å². The molecule has 0 aromatic heterocycles. The summed E-state index contributed by atoms with van der Waals surface area (Å²) >= 11 is 6.00. The van der Waals surface area contributed by atoms with Crippen LogP contribution in [0.25, 0.3) is 0 Å². The first-order chi connectivity index (χ1) is 9.40. The minimum atomic E-state index is -3.62. The number of halogens is 1. The van der Waals surface area contributed by atoms with Crippen molar-refractivity contribution in [2.75, 3.05) is 6.54 Å². The molecule has 0 radical (unpaired) electrons. The first-order valence-electron chi connectivity index (χ1n) is 6.84. The lowest BCUT2D eigenvalue weighted by Gasteiger charge is -2.27. The molecule has 1 aliphatic carbocycles. The highest BCUT2D eigenvalue weighted by atomic mass is 35.5. The molecule has 0 saturated heterocycles. The van der Waals surface area contributed by atoms with Gasteiger partial charge < -0.3 is 5.11 Å². The number of aliphatic hydroxyl groups excluding tert-OH is 1. The van der Waals surface area contributed by atoms with Crippen LogP contribution in [0.4, 0.5) is 0 Å². The highest BCUT2D eigenvalue weighted by Crippen LogP contribution is 2.25. The highest BCUT2D eigenvalue weighted by molar-refractivity contribution is 7.89. The summed E-state index contributed by atoms with van der Waals surface area (Å²) in [4.78, 5) is 0.0927. The zero-order valence-electron chi connectivity index (χ0n) is 11.5. The first kappa shape index (κ1) is 15.8. The second-order valence-electron chi connectivity index (χ2n) is 5.40. The number of aryl methyl sites for hydroxylation is 1. The fraction of sp³-hybridized carbons (Fsp3) is 0.571. The van der Waals surface area contributed by atoms with E-state index >= 15 is 0 Å². The van der Waals surface area contributed by atoms with Crippen molar-refractivity contribution >= 4 is 21.6 Å². The van der Waals surface area contributed by atoms with Crippen LogP contribution in [0.3, 0.4) is 0 Å². The molecule has 2 unspecified atom stereocenters. The predicted octanol–water partition coefficient (Wildman–Crippen LogP) is 2.48. The Balaban J connectivity index is 2.07. The summed E-state index contributed by atoms with van der Waals surface area (Å²) in [5.41, 5.74) is 0.914. The van der Waals surface area contributed by atoms with Crippen LogP contribution in [0.5, 0.6) is 0 Å². The summed E-state index contributed by atoms with van der Waals surface area (Å²) in [6.45, 7) is 2.11. The minimum Gasteiger partial charge on any atom is -0.393 e. The molecular weight excluding hydrogens is 298 g/mol. The smallest absolute Gasteiger partial charge is 0.242 e. The van der Waals surface area contributed by atoms with Gasteiger partial charge in [-0.05, 0) is 43.4 Å². The van der Waals surface area contributed by atoms with Gasteiger partial charge in [-0.25, -0.2) is 13.1 Å². The number of hydrogen-bond donors (Lipinski definition) is 2. The molecule has 20 heavy (non-hydrogen) atoms. The lowest BCUT2D eigenvalue weighted by Crippen LogP contribution is -2.36. The monoisotopic (exact) mass is 317 g/mol. The normalized spacial score (nSPS) is 23.8. The molecule has 1 fully saturated rings. The summed E-state index contributed by atoms with van der Waals surface area (Å²) in [6.07, 6.45) is 3.23. The van der Waals surface area contributed by atoms with Crippen molar-refractivity contribution in [3.05, 3.63) is 28.8 Å². The molecule has 1 aliphatic rings. The maximum absolute atomic E-state index is 12.2. The molecule has 0 heterocycles. The Hall–Kier alpha value is -0.620. The average Bonchev–Trinajstić information content (AvgIpc) is 2.37. The molecule has 6 heteroatoms. The van der Waals surface area contributed by atoms with E-state index < -0.39 is 16.1 Å². The van der Waals surface area contributed by atoms with E-state index in [2.05, 4.69) is 4.72 Å². The van der Waals surface area contributed by atoms with Gasteiger partial charge in [0.1, 0.15) is 4.90 Å². The molecule has 0 amide bonds. The Kier molecular flexibility index (Phi) is 5.07. The number of benzene rings is 1. The van der Waals surface area contributed by atoms with Gasteiger partial charge in [0.2, 0.25) is 10.0 Å². The van der Waals surface area contributed by atoms with Crippen molar-refractivity contribution in [1.29, 1.82) is 0 Å². The third-order valence-corrected chi connectivity index (χ3v) is 5.69. The second kappa shape index (κ2) is 6.43. The van der Waals surface area contributed by atoms with E-state index in [1.54, 1.807) is 12.1 Å². The molecule has 2 atom stereocenters. The SMILES string of the molecule is Cc1ccc(S(=O)(=O)NCC2CCCCC2O)c(Cl)c1. The third-order valence-electron chi connectivity index (χ3n) is 3.78. The zero-order valence-corrected chi connectivity index (χ0v) is 13.0. The number of nitrogens with one attached hydrogen (secondary N) is 1. The Morgan fingerprint density at radius 1 is 1.35 bits per heavy atom. The van der Waals surface area contributed by atoms with Crippen LogP contribution < -0.4 is 4.72 Å². The number of hydrogen-bond acceptors (Lipinski definition) is 3. The van der Waals surface area contributed by atoms with Crippen molar-refractivity contribution in [2.24, 2.45) is 5.92 Å². The first-order valence-corrected chi connectivity index (χ1v) is 8.70. The van der Waals surface area contributed by atoms with Crippen molar-refractivity contribution in [1.82, 2.24) is 4.72 Å². The van der Waals surface area contributed by atoms with Crippen molar-refractivity contribution in [3.63, 3.8) is 0 Å². The minimum absolute atomic E-state index is 0.0113. The van der Waals surface area contributed by atoms with Crippen molar-refractivity contribution in [2.45, 2.75) is 43.6 Å². The van der Waals surface area contributed by atoms with Crippen LogP contribution in [0, 0.1) is 12.8 Å². The second-order valence-corrected chi connectivity index (χ2v) is 7.54. The summed E-state index contributed by atoms with van der Waals surface area (Å²) in [7, 11) is -3.62. The van der Waals surface area contributed by atoms with Gasteiger partial charge in [-0.2, -0.15) is 0 Å². The molecule has 0 aliphatic heterocycles. The van der Waals surface area contributed by atoms with Crippen molar-refractivity contribution in [3.8, 4) is 0 Å². The number of sulfonamides is 1. The maximum Gasteiger partial charge on any atom is 0.242 e. The van der Waals surface area contributed by atoms with Gasteiger partial charge >= 0.3 is 0 Å². The van der Waals surface area contributed by atoms with E-state index in [4.69, 9.17) is 11.6 Å². The van der Waals surface area contributed by atoms with E-state index in [1.807, 2.05) is 6.92 Å². The zero-order chi connectivity index (χ0) is 14.8. The average molecular weight is 318 g/mol. The molecule has 2 N–H and O–H groups in total. The summed E-state index contributed by atoms with van der Waals surface area (Å²) in [6, 6.07) is 4.86. The standard InChI is InChI=1S/C14H20ClNO3S/c1-10-6-7-14(12(15)8-10)20(18,19)16-9-11-4-2-3-5-13(11)17/h6-8,11,13,16-17H,2-5,9H2,1H3.